The van der Waals surface area contributed by atoms with Crippen molar-refractivity contribution in [3.8, 4) is 0 Å². The standard InChI is InChI=1S/C23H44N8O6/c1-12(2)10-14(24)19(33)31-17(11-13(3)4)21(35)29-15(6-5-9-28-23(26)27)20(34)30-16(22(36)37)7-8-18(25)32/h12-17H,5-11,24H2,1-4H3,(H2,25,32)(H,29,35)(H,30,34)(H,31,33)(H,36,37)(H4,26,27,28). The zero-order valence-corrected chi connectivity index (χ0v) is 22.2. The van der Waals surface area contributed by atoms with Gasteiger partial charge >= 0.3 is 5.97 Å². The minimum absolute atomic E-state index is 0.0247. The van der Waals surface area contributed by atoms with E-state index in [-0.39, 0.29) is 56.4 Å². The Bertz CT molecular complexity index is 813. The lowest BCUT2D eigenvalue weighted by atomic mass is 10.00. The average molecular weight is 529 g/mol. The number of carbonyl (C=O) groups is 5. The van der Waals surface area contributed by atoms with Crippen LogP contribution in [0.3, 0.4) is 0 Å². The summed E-state index contributed by atoms with van der Waals surface area (Å²) in [5, 5.41) is 17.0. The first-order chi connectivity index (χ1) is 17.1. The highest BCUT2D eigenvalue weighted by molar-refractivity contribution is 5.94. The van der Waals surface area contributed by atoms with Crippen molar-refractivity contribution in [2.75, 3.05) is 6.54 Å². The molecule has 0 rings (SSSR count). The zero-order chi connectivity index (χ0) is 28.7. The maximum Gasteiger partial charge on any atom is 0.326 e. The van der Waals surface area contributed by atoms with Gasteiger partial charge in [-0.15, -0.1) is 0 Å². The second kappa shape index (κ2) is 17.1. The molecule has 0 aliphatic rings. The fourth-order valence-electron chi connectivity index (χ4n) is 3.46. The molecule has 14 nitrogen and oxygen atoms in total. The van der Waals surface area contributed by atoms with Gasteiger partial charge in [0.1, 0.15) is 18.1 Å². The fourth-order valence-corrected chi connectivity index (χ4v) is 3.46. The molecule has 0 fully saturated rings. The number of aliphatic imine (C=N–C) groups is 1. The number of carboxylic acids is 1. The third-order valence-electron chi connectivity index (χ3n) is 5.27. The van der Waals surface area contributed by atoms with Crippen LogP contribution in [0.1, 0.15) is 66.2 Å². The molecule has 0 bridgehead atoms. The Morgan fingerprint density at radius 1 is 0.757 bits per heavy atom. The van der Waals surface area contributed by atoms with Gasteiger partial charge in [0.15, 0.2) is 5.96 Å². The Balaban J connectivity index is 5.66. The van der Waals surface area contributed by atoms with Crippen LogP contribution >= 0.6 is 0 Å². The summed E-state index contributed by atoms with van der Waals surface area (Å²) in [6.45, 7) is 7.75. The number of aliphatic carboxylic acids is 1. The molecule has 14 heteroatoms. The first-order valence-corrected chi connectivity index (χ1v) is 12.4. The first-order valence-electron chi connectivity index (χ1n) is 12.4. The Morgan fingerprint density at radius 3 is 1.76 bits per heavy atom. The van der Waals surface area contributed by atoms with Crippen LogP contribution < -0.4 is 38.9 Å². The number of hydrogen-bond donors (Lipinski definition) is 8. The van der Waals surface area contributed by atoms with Crippen molar-refractivity contribution in [1.29, 1.82) is 0 Å². The number of nitrogens with one attached hydrogen (secondary N) is 3. The SMILES string of the molecule is CC(C)CC(N)C(=O)NC(CC(C)C)C(=O)NC(CCCN=C(N)N)C(=O)NC(CCC(N)=O)C(=O)O. The number of guanidine groups is 1. The normalized spacial score (nSPS) is 14.2. The van der Waals surface area contributed by atoms with Crippen molar-refractivity contribution >= 4 is 35.6 Å². The molecule has 37 heavy (non-hydrogen) atoms. The smallest absolute Gasteiger partial charge is 0.326 e. The van der Waals surface area contributed by atoms with Gasteiger partial charge in [0.25, 0.3) is 0 Å². The van der Waals surface area contributed by atoms with E-state index in [1.165, 1.54) is 0 Å². The van der Waals surface area contributed by atoms with Crippen LogP contribution in [-0.2, 0) is 24.0 Å². The first kappa shape index (κ1) is 33.6. The largest absolute Gasteiger partial charge is 0.480 e. The molecule has 0 aliphatic carbocycles. The molecule has 4 unspecified atom stereocenters. The second-order valence-corrected chi connectivity index (χ2v) is 9.84. The molecule has 0 aromatic heterocycles. The van der Waals surface area contributed by atoms with E-state index in [2.05, 4.69) is 20.9 Å². The highest BCUT2D eigenvalue weighted by atomic mass is 16.4. The lowest BCUT2D eigenvalue weighted by Crippen LogP contribution is -2.57. The maximum atomic E-state index is 13.2. The van der Waals surface area contributed by atoms with Crippen molar-refractivity contribution in [3.05, 3.63) is 0 Å². The van der Waals surface area contributed by atoms with Crippen LogP contribution in [-0.4, -0.2) is 71.4 Å². The molecule has 0 spiro atoms. The summed E-state index contributed by atoms with van der Waals surface area (Å²) >= 11 is 0. The number of rotatable bonds is 18. The minimum atomic E-state index is -1.39. The fraction of sp³-hybridized carbons (Fsp3) is 0.739. The molecule has 0 saturated heterocycles. The molecule has 0 heterocycles. The summed E-state index contributed by atoms with van der Waals surface area (Å²) in [6.07, 6.45) is 0.606. The van der Waals surface area contributed by atoms with E-state index < -0.39 is 53.8 Å². The van der Waals surface area contributed by atoms with Gasteiger partial charge in [-0.1, -0.05) is 27.7 Å². The predicted octanol–water partition coefficient (Wildman–Crippen LogP) is -1.74. The van der Waals surface area contributed by atoms with Gasteiger partial charge in [-0.05, 0) is 43.9 Å². The van der Waals surface area contributed by atoms with Crippen molar-refractivity contribution in [3.63, 3.8) is 0 Å². The highest BCUT2D eigenvalue weighted by Crippen LogP contribution is 2.09. The summed E-state index contributed by atoms with van der Waals surface area (Å²) in [7, 11) is 0. The van der Waals surface area contributed by atoms with Crippen LogP contribution in [0.25, 0.3) is 0 Å². The van der Waals surface area contributed by atoms with E-state index >= 15 is 0 Å². The molecule has 0 aromatic rings. The highest BCUT2D eigenvalue weighted by Gasteiger charge is 2.30. The van der Waals surface area contributed by atoms with Crippen LogP contribution in [0.4, 0.5) is 0 Å². The number of nitrogens with zero attached hydrogens (tertiary/aromatic N) is 1. The second-order valence-electron chi connectivity index (χ2n) is 9.84. The van der Waals surface area contributed by atoms with Crippen molar-refractivity contribution in [2.45, 2.75) is 90.4 Å². The summed E-state index contributed by atoms with van der Waals surface area (Å²) in [5.41, 5.74) is 21.7. The van der Waals surface area contributed by atoms with E-state index in [0.717, 1.165) is 0 Å². The maximum absolute atomic E-state index is 13.2. The minimum Gasteiger partial charge on any atom is -0.480 e. The number of amides is 4. The van der Waals surface area contributed by atoms with Gasteiger partial charge in [-0.2, -0.15) is 0 Å². The molecular weight excluding hydrogens is 484 g/mol. The summed E-state index contributed by atoms with van der Waals surface area (Å²) in [4.78, 5) is 65.2. The van der Waals surface area contributed by atoms with E-state index in [0.29, 0.717) is 6.42 Å². The van der Waals surface area contributed by atoms with Crippen LogP contribution in [0.5, 0.6) is 0 Å². The molecule has 0 aliphatic heterocycles. The van der Waals surface area contributed by atoms with Gasteiger partial charge in [-0.25, -0.2) is 4.79 Å². The van der Waals surface area contributed by atoms with E-state index in [9.17, 15) is 29.1 Å². The summed E-state index contributed by atoms with van der Waals surface area (Å²) in [6, 6.07) is -4.32. The molecular formula is C23H44N8O6. The van der Waals surface area contributed by atoms with Crippen LogP contribution in [0.2, 0.25) is 0 Å². The number of hydrogen-bond acceptors (Lipinski definition) is 7. The summed E-state index contributed by atoms with van der Waals surface area (Å²) in [5.74, 6) is -3.90. The molecule has 4 amide bonds. The molecule has 0 aromatic carbocycles. The van der Waals surface area contributed by atoms with Crippen LogP contribution in [0, 0.1) is 11.8 Å². The van der Waals surface area contributed by atoms with Crippen molar-refractivity contribution < 1.29 is 29.1 Å². The topological polar surface area (TPSA) is 258 Å². The van der Waals surface area contributed by atoms with Crippen molar-refractivity contribution in [2.24, 2.45) is 39.8 Å². The Kier molecular flexibility index (Phi) is 15.5. The molecule has 4 atom stereocenters. The Hall–Kier alpha value is -3.42. The van der Waals surface area contributed by atoms with E-state index in [4.69, 9.17) is 22.9 Å². The van der Waals surface area contributed by atoms with Crippen LogP contribution in [0.15, 0.2) is 4.99 Å². The quantitative estimate of drug-likeness (QED) is 0.0569. The predicted molar refractivity (Wildman–Crippen MR) is 139 cm³/mol. The number of nitrogens with two attached hydrogens (primary N) is 4. The third-order valence-corrected chi connectivity index (χ3v) is 5.27. The Labute approximate surface area is 217 Å². The zero-order valence-electron chi connectivity index (χ0n) is 22.2. The van der Waals surface area contributed by atoms with E-state index in [1.54, 1.807) is 0 Å². The third kappa shape index (κ3) is 15.3. The monoisotopic (exact) mass is 528 g/mol. The summed E-state index contributed by atoms with van der Waals surface area (Å²) < 4.78 is 0. The lowest BCUT2D eigenvalue weighted by Gasteiger charge is -2.26. The van der Waals surface area contributed by atoms with E-state index in [1.807, 2.05) is 27.7 Å². The molecule has 0 radical (unpaired) electrons. The number of carboxylic acid groups (broad SMARTS) is 1. The van der Waals surface area contributed by atoms with Gasteiger partial charge in [-0.3, -0.25) is 24.2 Å². The average Bonchev–Trinajstić information content (AvgIpc) is 2.76. The van der Waals surface area contributed by atoms with Gasteiger partial charge in [0, 0.05) is 13.0 Å². The lowest BCUT2D eigenvalue weighted by molar-refractivity contribution is -0.142. The molecule has 212 valence electrons. The van der Waals surface area contributed by atoms with Gasteiger partial charge in [0.05, 0.1) is 6.04 Å². The molecule has 0 saturated carbocycles. The Morgan fingerprint density at radius 2 is 1.27 bits per heavy atom. The number of carbonyl (C=O) groups excluding carboxylic acids is 4. The molecule has 12 N–H and O–H groups in total. The van der Waals surface area contributed by atoms with Crippen molar-refractivity contribution in [1.82, 2.24) is 16.0 Å². The van der Waals surface area contributed by atoms with Gasteiger partial charge < -0.3 is 44.0 Å². The van der Waals surface area contributed by atoms with Gasteiger partial charge in [0.2, 0.25) is 23.6 Å². The number of primary amides is 1.